The summed E-state index contributed by atoms with van der Waals surface area (Å²) in [5, 5.41) is 2.87. The number of carbonyl (C=O) groups excluding carboxylic acids is 1. The molecule has 3 rings (SSSR count). The lowest BCUT2D eigenvalue weighted by atomic mass is 10.3. The van der Waals surface area contributed by atoms with Gasteiger partial charge in [-0.3, -0.25) is 4.79 Å². The van der Waals surface area contributed by atoms with Crippen LogP contribution in [0.2, 0.25) is 0 Å². The Labute approximate surface area is 134 Å². The van der Waals surface area contributed by atoms with Crippen LogP contribution in [0.1, 0.15) is 22.6 Å². The highest BCUT2D eigenvalue weighted by Gasteiger charge is 2.29. The van der Waals surface area contributed by atoms with Gasteiger partial charge in [0, 0.05) is 38.0 Å². The molecular formula is C16H19N5O2. The summed E-state index contributed by atoms with van der Waals surface area (Å²) in [6, 6.07) is 7.24. The number of hydrogen-bond donors (Lipinski definition) is 1. The first kappa shape index (κ1) is 15.2. The Bertz CT molecular complexity index is 692. The number of nitrogens with zero attached hydrogens (tertiary/aromatic N) is 4. The molecule has 0 saturated carbocycles. The van der Waals surface area contributed by atoms with Crippen molar-refractivity contribution in [3.05, 3.63) is 41.9 Å². The molecule has 0 spiro atoms. The van der Waals surface area contributed by atoms with E-state index in [2.05, 4.69) is 20.3 Å². The molecule has 1 fully saturated rings. The van der Waals surface area contributed by atoms with Gasteiger partial charge in [0.2, 0.25) is 11.8 Å². The lowest BCUT2D eigenvalue weighted by Gasteiger charge is -2.17. The van der Waals surface area contributed by atoms with Crippen molar-refractivity contribution < 1.29 is 9.53 Å². The van der Waals surface area contributed by atoms with E-state index < -0.39 is 0 Å². The maximum Gasteiger partial charge on any atom is 0.272 e. The van der Waals surface area contributed by atoms with Gasteiger partial charge in [0.1, 0.15) is 11.8 Å². The van der Waals surface area contributed by atoms with Crippen molar-refractivity contribution in [2.24, 2.45) is 0 Å². The molecular weight excluding hydrogens is 294 g/mol. The van der Waals surface area contributed by atoms with Gasteiger partial charge in [-0.05, 0) is 19.1 Å². The average Bonchev–Trinajstić information content (AvgIpc) is 3.03. The van der Waals surface area contributed by atoms with Crippen molar-refractivity contribution in [3.63, 3.8) is 0 Å². The summed E-state index contributed by atoms with van der Waals surface area (Å²) >= 11 is 0. The Hall–Kier alpha value is -2.70. The zero-order valence-electron chi connectivity index (χ0n) is 13.2. The number of nitrogens with one attached hydrogen (secondary N) is 1. The summed E-state index contributed by atoms with van der Waals surface area (Å²) in [5.41, 5.74) is 1.16. The fourth-order valence-corrected chi connectivity index (χ4v) is 2.55. The molecule has 1 saturated heterocycles. The fraction of sp³-hybridized carbons (Fsp3) is 0.375. The molecule has 1 atom stereocenters. The number of aromatic nitrogens is 3. The molecule has 23 heavy (non-hydrogen) atoms. The Balaban J connectivity index is 1.66. The molecule has 1 aliphatic heterocycles. The van der Waals surface area contributed by atoms with Crippen molar-refractivity contribution in [2.45, 2.75) is 19.4 Å². The average molecular weight is 313 g/mol. The molecule has 1 unspecified atom stereocenters. The zero-order valence-corrected chi connectivity index (χ0v) is 13.2. The van der Waals surface area contributed by atoms with Crippen molar-refractivity contribution in [3.8, 4) is 5.88 Å². The minimum Gasteiger partial charge on any atom is -0.472 e. The van der Waals surface area contributed by atoms with Crippen LogP contribution in [0.4, 0.5) is 5.95 Å². The van der Waals surface area contributed by atoms with Gasteiger partial charge >= 0.3 is 0 Å². The lowest BCUT2D eigenvalue weighted by molar-refractivity contribution is 0.0765. The maximum atomic E-state index is 12.6. The number of likely N-dealkylation sites (tertiary alicyclic amines) is 1. The fourth-order valence-electron chi connectivity index (χ4n) is 2.55. The van der Waals surface area contributed by atoms with Gasteiger partial charge in [0.25, 0.3) is 5.91 Å². The highest BCUT2D eigenvalue weighted by atomic mass is 16.5. The van der Waals surface area contributed by atoms with Crippen LogP contribution in [0.3, 0.4) is 0 Å². The first-order valence-corrected chi connectivity index (χ1v) is 7.56. The largest absolute Gasteiger partial charge is 0.472 e. The summed E-state index contributed by atoms with van der Waals surface area (Å²) in [7, 11) is 1.73. The molecule has 0 aromatic carbocycles. The van der Waals surface area contributed by atoms with Crippen LogP contribution >= 0.6 is 0 Å². The normalized spacial score (nSPS) is 17.1. The van der Waals surface area contributed by atoms with Gasteiger partial charge in [-0.1, -0.05) is 6.07 Å². The number of hydrogen-bond acceptors (Lipinski definition) is 6. The molecule has 2 aromatic rings. The predicted octanol–water partition coefficient (Wildman–Crippen LogP) is 1.52. The lowest BCUT2D eigenvalue weighted by Crippen LogP contribution is -2.31. The van der Waals surface area contributed by atoms with E-state index >= 15 is 0 Å². The molecule has 120 valence electrons. The highest BCUT2D eigenvalue weighted by Crippen LogP contribution is 2.18. The number of anilines is 1. The van der Waals surface area contributed by atoms with Crippen molar-refractivity contribution in [2.75, 3.05) is 25.5 Å². The Morgan fingerprint density at radius 1 is 1.39 bits per heavy atom. The second kappa shape index (κ2) is 6.60. The molecule has 1 amide bonds. The van der Waals surface area contributed by atoms with Crippen molar-refractivity contribution >= 4 is 11.9 Å². The number of rotatable bonds is 4. The second-order valence-corrected chi connectivity index (χ2v) is 5.42. The van der Waals surface area contributed by atoms with Gasteiger partial charge in [0.05, 0.1) is 6.54 Å². The van der Waals surface area contributed by atoms with E-state index in [9.17, 15) is 4.79 Å². The quantitative estimate of drug-likeness (QED) is 0.922. The third kappa shape index (κ3) is 3.56. The number of pyridine rings is 1. The highest BCUT2D eigenvalue weighted by molar-refractivity contribution is 5.92. The number of ether oxygens (including phenoxy) is 1. The van der Waals surface area contributed by atoms with Crippen LogP contribution < -0.4 is 10.1 Å². The third-order valence-electron chi connectivity index (χ3n) is 3.65. The van der Waals surface area contributed by atoms with Crippen LogP contribution in [-0.4, -0.2) is 52.0 Å². The molecule has 0 bridgehead atoms. The second-order valence-electron chi connectivity index (χ2n) is 5.42. The van der Waals surface area contributed by atoms with Crippen molar-refractivity contribution in [1.82, 2.24) is 19.9 Å². The molecule has 7 heteroatoms. The smallest absolute Gasteiger partial charge is 0.272 e. The first-order valence-electron chi connectivity index (χ1n) is 7.56. The molecule has 7 nitrogen and oxygen atoms in total. The van der Waals surface area contributed by atoms with E-state index in [4.69, 9.17) is 4.74 Å². The summed E-state index contributed by atoms with van der Waals surface area (Å²) in [5.74, 6) is 0.940. The summed E-state index contributed by atoms with van der Waals surface area (Å²) in [4.78, 5) is 27.0. The van der Waals surface area contributed by atoms with Crippen LogP contribution in [-0.2, 0) is 0 Å². The van der Waals surface area contributed by atoms with E-state index in [1.165, 1.54) is 0 Å². The first-order chi connectivity index (χ1) is 11.2. The van der Waals surface area contributed by atoms with E-state index in [1.54, 1.807) is 24.2 Å². The molecule has 2 aromatic heterocycles. The van der Waals surface area contributed by atoms with E-state index in [1.807, 2.05) is 25.1 Å². The van der Waals surface area contributed by atoms with E-state index in [-0.39, 0.29) is 12.0 Å². The van der Waals surface area contributed by atoms with Gasteiger partial charge < -0.3 is 15.0 Å². The third-order valence-corrected chi connectivity index (χ3v) is 3.65. The Kier molecular flexibility index (Phi) is 4.36. The van der Waals surface area contributed by atoms with Crippen LogP contribution in [0.25, 0.3) is 0 Å². The minimum atomic E-state index is -0.0980. The van der Waals surface area contributed by atoms with Gasteiger partial charge in [-0.2, -0.15) is 0 Å². The zero-order chi connectivity index (χ0) is 16.2. The van der Waals surface area contributed by atoms with Crippen molar-refractivity contribution in [1.29, 1.82) is 0 Å². The molecule has 0 aliphatic carbocycles. The minimum absolute atomic E-state index is 0.0412. The Morgan fingerprint density at radius 2 is 2.26 bits per heavy atom. The standard InChI is InChI=1S/C16H19N5O2/c1-11-9-13(20-16(17-2)19-11)15(22)21-8-6-12(10-21)23-14-5-3-4-7-18-14/h3-5,7,9,12H,6,8,10H2,1-2H3,(H,17,19,20). The monoisotopic (exact) mass is 313 g/mol. The van der Waals surface area contributed by atoms with Gasteiger partial charge in [0.15, 0.2) is 0 Å². The number of aryl methyl sites for hydroxylation is 1. The Morgan fingerprint density at radius 3 is 3.00 bits per heavy atom. The van der Waals surface area contributed by atoms with Gasteiger partial charge in [-0.25, -0.2) is 15.0 Å². The SMILES string of the molecule is CNc1nc(C)cc(C(=O)N2CCC(Oc3ccccn3)C2)n1. The summed E-state index contributed by atoms with van der Waals surface area (Å²) in [6.45, 7) is 3.03. The predicted molar refractivity (Wildman–Crippen MR) is 85.5 cm³/mol. The van der Waals surface area contributed by atoms with E-state index in [0.29, 0.717) is 30.6 Å². The summed E-state index contributed by atoms with van der Waals surface area (Å²) in [6.07, 6.45) is 2.43. The van der Waals surface area contributed by atoms with E-state index in [0.717, 1.165) is 12.1 Å². The van der Waals surface area contributed by atoms with Gasteiger partial charge in [-0.15, -0.1) is 0 Å². The van der Waals surface area contributed by atoms with Crippen LogP contribution in [0, 0.1) is 6.92 Å². The number of amides is 1. The molecule has 0 radical (unpaired) electrons. The summed E-state index contributed by atoms with van der Waals surface area (Å²) < 4.78 is 5.81. The topological polar surface area (TPSA) is 80.2 Å². The molecule has 1 N–H and O–H groups in total. The van der Waals surface area contributed by atoms with Crippen LogP contribution in [0.5, 0.6) is 5.88 Å². The maximum absolute atomic E-state index is 12.6. The molecule has 3 heterocycles. The number of carbonyl (C=O) groups is 1. The van der Waals surface area contributed by atoms with Crippen LogP contribution in [0.15, 0.2) is 30.5 Å². The molecule has 1 aliphatic rings.